The zero-order valence-corrected chi connectivity index (χ0v) is 21.5. The molecule has 1 atom stereocenters. The van der Waals surface area contributed by atoms with E-state index in [1.807, 2.05) is 24.3 Å². The summed E-state index contributed by atoms with van der Waals surface area (Å²) >= 11 is 0. The molecule has 0 saturated carbocycles. The molecule has 0 spiro atoms. The number of halogens is 1. The Bertz CT molecular complexity index is 1070. The molecule has 3 aromatic rings. The van der Waals surface area contributed by atoms with Crippen LogP contribution in [0.5, 0.6) is 5.75 Å². The number of nitrogens with one attached hydrogen (secondary N) is 3. The lowest BCUT2D eigenvalue weighted by Crippen LogP contribution is -2.39. The second-order valence-corrected chi connectivity index (χ2v) is 7.88. The second kappa shape index (κ2) is 12.6. The SMILES string of the molecule is CN=C(NCCNc1ccc2ccccc2n1)NCc1ccc(C)cc1OC1CCOC1.I. The molecule has 8 heteroatoms. The largest absolute Gasteiger partial charge is 0.488 e. The molecule has 2 heterocycles. The van der Waals surface area contributed by atoms with Crippen LogP contribution in [0.25, 0.3) is 10.9 Å². The average Bonchev–Trinajstić information content (AvgIpc) is 3.32. The van der Waals surface area contributed by atoms with E-state index in [1.165, 1.54) is 5.56 Å². The number of pyridine rings is 1. The van der Waals surface area contributed by atoms with Crippen molar-refractivity contribution in [2.45, 2.75) is 26.0 Å². The third-order valence-corrected chi connectivity index (χ3v) is 5.40. The Balaban J connectivity index is 0.00000306. The van der Waals surface area contributed by atoms with Crippen molar-refractivity contribution in [3.63, 3.8) is 0 Å². The zero-order chi connectivity index (χ0) is 22.2. The van der Waals surface area contributed by atoms with E-state index in [2.05, 4.69) is 63.2 Å². The molecule has 0 bridgehead atoms. The van der Waals surface area contributed by atoms with Gasteiger partial charge in [0.25, 0.3) is 0 Å². The molecule has 0 aliphatic carbocycles. The van der Waals surface area contributed by atoms with E-state index in [0.717, 1.165) is 53.6 Å². The first-order valence-electron chi connectivity index (χ1n) is 11.1. The van der Waals surface area contributed by atoms with Crippen LogP contribution in [0.2, 0.25) is 0 Å². The first-order valence-corrected chi connectivity index (χ1v) is 11.1. The van der Waals surface area contributed by atoms with Gasteiger partial charge in [-0.05, 0) is 36.8 Å². The number of para-hydroxylation sites is 1. The van der Waals surface area contributed by atoms with Crippen LogP contribution in [-0.2, 0) is 11.3 Å². The maximum atomic E-state index is 6.19. The number of aryl methyl sites for hydroxylation is 1. The Morgan fingerprint density at radius 2 is 2.00 bits per heavy atom. The van der Waals surface area contributed by atoms with Crippen molar-refractivity contribution in [1.82, 2.24) is 15.6 Å². The molecule has 0 radical (unpaired) electrons. The lowest BCUT2D eigenvalue weighted by molar-refractivity contribution is 0.140. The van der Waals surface area contributed by atoms with Gasteiger partial charge in [0.15, 0.2) is 5.96 Å². The highest BCUT2D eigenvalue weighted by atomic mass is 127. The van der Waals surface area contributed by atoms with Gasteiger partial charge < -0.3 is 25.4 Å². The Morgan fingerprint density at radius 3 is 2.82 bits per heavy atom. The molecule has 1 aliphatic rings. The molecule has 1 unspecified atom stereocenters. The topological polar surface area (TPSA) is 79.8 Å². The molecule has 1 aromatic heterocycles. The molecule has 4 rings (SSSR count). The van der Waals surface area contributed by atoms with E-state index < -0.39 is 0 Å². The third kappa shape index (κ3) is 7.20. The molecular formula is C25H32IN5O2. The molecule has 176 valence electrons. The van der Waals surface area contributed by atoms with Crippen LogP contribution in [0, 0.1) is 6.92 Å². The van der Waals surface area contributed by atoms with Crippen molar-refractivity contribution in [2.75, 3.05) is 38.7 Å². The summed E-state index contributed by atoms with van der Waals surface area (Å²) in [5.41, 5.74) is 3.27. The minimum Gasteiger partial charge on any atom is -0.488 e. The van der Waals surface area contributed by atoms with E-state index >= 15 is 0 Å². The number of aromatic nitrogens is 1. The number of hydrogen-bond donors (Lipinski definition) is 3. The summed E-state index contributed by atoms with van der Waals surface area (Å²) in [6.45, 7) is 5.57. The monoisotopic (exact) mass is 561 g/mol. The predicted octanol–water partition coefficient (Wildman–Crippen LogP) is 4.11. The highest BCUT2D eigenvalue weighted by Gasteiger charge is 2.18. The van der Waals surface area contributed by atoms with Gasteiger partial charge in [0.05, 0.1) is 18.7 Å². The maximum absolute atomic E-state index is 6.19. The number of ether oxygens (including phenoxy) is 2. The number of rotatable bonds is 8. The second-order valence-electron chi connectivity index (χ2n) is 7.88. The number of aliphatic imine (C=N–C) groups is 1. The Hall–Kier alpha value is -2.59. The predicted molar refractivity (Wildman–Crippen MR) is 145 cm³/mol. The van der Waals surface area contributed by atoms with Gasteiger partial charge in [-0.1, -0.05) is 30.3 Å². The van der Waals surface area contributed by atoms with Crippen LogP contribution in [0.15, 0.2) is 59.6 Å². The fourth-order valence-electron chi connectivity index (χ4n) is 3.64. The third-order valence-electron chi connectivity index (χ3n) is 5.40. The van der Waals surface area contributed by atoms with Gasteiger partial charge in [0.1, 0.15) is 17.7 Å². The molecule has 2 aromatic carbocycles. The van der Waals surface area contributed by atoms with Gasteiger partial charge in [-0.3, -0.25) is 4.99 Å². The Kier molecular flexibility index (Phi) is 9.56. The van der Waals surface area contributed by atoms with Crippen LogP contribution in [0.3, 0.4) is 0 Å². The van der Waals surface area contributed by atoms with Crippen molar-refractivity contribution in [2.24, 2.45) is 4.99 Å². The molecule has 33 heavy (non-hydrogen) atoms. The molecule has 1 saturated heterocycles. The Labute approximate surface area is 212 Å². The summed E-state index contributed by atoms with van der Waals surface area (Å²) in [5.74, 6) is 2.52. The van der Waals surface area contributed by atoms with Gasteiger partial charge in [-0.25, -0.2) is 4.98 Å². The fraction of sp³-hybridized carbons (Fsp3) is 0.360. The number of fused-ring (bicyclic) bond motifs is 1. The van der Waals surface area contributed by atoms with Gasteiger partial charge in [-0.2, -0.15) is 0 Å². The number of guanidine groups is 1. The van der Waals surface area contributed by atoms with E-state index in [9.17, 15) is 0 Å². The average molecular weight is 561 g/mol. The molecular weight excluding hydrogens is 529 g/mol. The number of nitrogens with zero attached hydrogens (tertiary/aromatic N) is 2. The van der Waals surface area contributed by atoms with Crippen molar-refractivity contribution in [3.8, 4) is 5.75 Å². The van der Waals surface area contributed by atoms with Crippen LogP contribution in [0.4, 0.5) is 5.82 Å². The zero-order valence-electron chi connectivity index (χ0n) is 19.1. The number of benzene rings is 2. The molecule has 3 N–H and O–H groups in total. The van der Waals surface area contributed by atoms with E-state index in [4.69, 9.17) is 9.47 Å². The maximum Gasteiger partial charge on any atom is 0.191 e. The minimum atomic E-state index is 0. The van der Waals surface area contributed by atoms with E-state index in [-0.39, 0.29) is 30.1 Å². The Morgan fingerprint density at radius 1 is 1.12 bits per heavy atom. The number of anilines is 1. The quantitative estimate of drug-likeness (QED) is 0.166. The van der Waals surface area contributed by atoms with Gasteiger partial charge in [0.2, 0.25) is 0 Å². The van der Waals surface area contributed by atoms with Gasteiger partial charge >= 0.3 is 0 Å². The summed E-state index contributed by atoms with van der Waals surface area (Å²) in [6.07, 6.45) is 1.06. The van der Waals surface area contributed by atoms with Gasteiger partial charge in [-0.15, -0.1) is 24.0 Å². The highest BCUT2D eigenvalue weighted by Crippen LogP contribution is 2.23. The summed E-state index contributed by atoms with van der Waals surface area (Å²) in [4.78, 5) is 8.97. The van der Waals surface area contributed by atoms with Crippen LogP contribution >= 0.6 is 24.0 Å². The lowest BCUT2D eigenvalue weighted by Gasteiger charge is -2.18. The molecule has 1 aliphatic heterocycles. The fourth-order valence-corrected chi connectivity index (χ4v) is 3.64. The van der Waals surface area contributed by atoms with E-state index in [0.29, 0.717) is 19.7 Å². The first kappa shape index (κ1) is 25.0. The lowest BCUT2D eigenvalue weighted by atomic mass is 10.1. The van der Waals surface area contributed by atoms with E-state index in [1.54, 1.807) is 7.05 Å². The molecule has 1 fully saturated rings. The minimum absolute atomic E-state index is 0. The first-order chi connectivity index (χ1) is 15.7. The molecule has 7 nitrogen and oxygen atoms in total. The standard InChI is InChI=1S/C25H31N5O2.HI/c1-18-7-8-20(23(15-18)32-21-11-14-31-17-21)16-29-25(26-2)28-13-12-27-24-10-9-19-5-3-4-6-22(19)30-24;/h3-10,15,21H,11-14,16-17H2,1-2H3,(H,27,30)(H2,26,28,29);1H. The normalized spacial score (nSPS) is 15.7. The highest BCUT2D eigenvalue weighted by molar-refractivity contribution is 14.0. The van der Waals surface area contributed by atoms with Crippen molar-refractivity contribution < 1.29 is 9.47 Å². The van der Waals surface area contributed by atoms with Crippen molar-refractivity contribution >= 4 is 46.7 Å². The van der Waals surface area contributed by atoms with Crippen molar-refractivity contribution in [3.05, 3.63) is 65.7 Å². The summed E-state index contributed by atoms with van der Waals surface area (Å²) in [5, 5.41) is 11.2. The molecule has 0 amide bonds. The summed E-state index contributed by atoms with van der Waals surface area (Å²) < 4.78 is 11.6. The van der Waals surface area contributed by atoms with Crippen LogP contribution in [-0.4, -0.2) is 50.4 Å². The van der Waals surface area contributed by atoms with Gasteiger partial charge in [0, 0.05) is 44.1 Å². The smallest absolute Gasteiger partial charge is 0.191 e. The summed E-state index contributed by atoms with van der Waals surface area (Å²) in [7, 11) is 1.77. The summed E-state index contributed by atoms with van der Waals surface area (Å²) in [6, 6.07) is 18.5. The van der Waals surface area contributed by atoms with Crippen LogP contribution < -0.4 is 20.7 Å². The van der Waals surface area contributed by atoms with Crippen LogP contribution in [0.1, 0.15) is 17.5 Å². The van der Waals surface area contributed by atoms with Crippen molar-refractivity contribution in [1.29, 1.82) is 0 Å². The number of hydrogen-bond acceptors (Lipinski definition) is 5.